The van der Waals surface area contributed by atoms with Crippen LogP contribution in [0.25, 0.3) is 11.1 Å². The van der Waals surface area contributed by atoms with Crippen molar-refractivity contribution in [1.29, 1.82) is 0 Å². The van der Waals surface area contributed by atoms with Gasteiger partial charge in [0.25, 0.3) is 0 Å². The number of cyclic esters (lactones) is 1. The Morgan fingerprint density at radius 2 is 2.07 bits per heavy atom. The van der Waals surface area contributed by atoms with Crippen LogP contribution in [0.4, 0.5) is 14.9 Å². The molecule has 1 amide bonds. The SMILES string of the molecule is CCOc1cnnn1C[C@H]1CN(c2ccc(-c3ccc(CN)cc3)c(F)c2)C(=O)O1. The summed E-state index contributed by atoms with van der Waals surface area (Å²) in [7, 11) is 0. The predicted molar refractivity (Wildman–Crippen MR) is 109 cm³/mol. The molecule has 1 atom stereocenters. The molecule has 1 aliphatic heterocycles. The summed E-state index contributed by atoms with van der Waals surface area (Å²) >= 11 is 0. The maximum absolute atomic E-state index is 14.8. The molecule has 1 fully saturated rings. The summed E-state index contributed by atoms with van der Waals surface area (Å²) in [4.78, 5) is 13.8. The van der Waals surface area contributed by atoms with Crippen molar-refractivity contribution in [2.24, 2.45) is 5.73 Å². The third kappa shape index (κ3) is 3.97. The number of ether oxygens (including phenoxy) is 2. The lowest BCUT2D eigenvalue weighted by molar-refractivity contribution is 0.126. The van der Waals surface area contributed by atoms with Gasteiger partial charge in [0.1, 0.15) is 18.1 Å². The number of carbonyl (C=O) groups is 1. The van der Waals surface area contributed by atoms with Crippen LogP contribution in [-0.2, 0) is 17.8 Å². The fourth-order valence-corrected chi connectivity index (χ4v) is 3.38. The zero-order chi connectivity index (χ0) is 21.1. The standard InChI is InChI=1S/C21H22FN5O3/c1-2-29-20-11-24-25-27(20)13-17-12-26(21(28)30-17)16-7-8-18(19(22)9-16)15-5-3-14(10-23)4-6-15/h3-9,11,17H,2,10,12-13,23H2,1H3/t17-/m1/s1. The molecule has 156 valence electrons. The monoisotopic (exact) mass is 411 g/mol. The second-order valence-corrected chi connectivity index (χ2v) is 6.87. The number of rotatable bonds is 7. The van der Waals surface area contributed by atoms with E-state index in [4.69, 9.17) is 15.2 Å². The van der Waals surface area contributed by atoms with Crippen LogP contribution in [-0.4, -0.2) is 40.3 Å². The Bertz CT molecular complexity index is 1040. The average molecular weight is 411 g/mol. The van der Waals surface area contributed by atoms with Crippen LogP contribution in [0.2, 0.25) is 0 Å². The quantitative estimate of drug-likeness (QED) is 0.642. The molecule has 8 nitrogen and oxygen atoms in total. The number of nitrogens with zero attached hydrogens (tertiary/aromatic N) is 4. The molecule has 1 aromatic heterocycles. The van der Waals surface area contributed by atoms with Gasteiger partial charge in [0.15, 0.2) is 0 Å². The molecule has 0 radical (unpaired) electrons. The lowest BCUT2D eigenvalue weighted by atomic mass is 10.0. The van der Waals surface area contributed by atoms with Gasteiger partial charge in [-0.25, -0.2) is 13.9 Å². The second-order valence-electron chi connectivity index (χ2n) is 6.87. The molecule has 2 aromatic carbocycles. The smallest absolute Gasteiger partial charge is 0.414 e. The van der Waals surface area contributed by atoms with Gasteiger partial charge in [0, 0.05) is 12.1 Å². The van der Waals surface area contributed by atoms with E-state index in [2.05, 4.69) is 10.3 Å². The number of carbonyl (C=O) groups excluding carboxylic acids is 1. The Balaban J connectivity index is 1.49. The predicted octanol–water partition coefficient (Wildman–Crippen LogP) is 2.97. The number of halogens is 1. The van der Waals surface area contributed by atoms with Gasteiger partial charge in [-0.2, -0.15) is 0 Å². The maximum Gasteiger partial charge on any atom is 0.414 e. The summed E-state index contributed by atoms with van der Waals surface area (Å²) in [5.41, 5.74) is 8.22. The fraction of sp³-hybridized carbons (Fsp3) is 0.286. The third-order valence-electron chi connectivity index (χ3n) is 4.89. The number of benzene rings is 2. The normalized spacial score (nSPS) is 16.0. The van der Waals surface area contributed by atoms with Gasteiger partial charge in [-0.15, -0.1) is 5.10 Å². The average Bonchev–Trinajstić information content (AvgIpc) is 3.34. The van der Waals surface area contributed by atoms with Gasteiger partial charge in [0.05, 0.1) is 25.4 Å². The topological polar surface area (TPSA) is 95.5 Å². The van der Waals surface area contributed by atoms with E-state index in [0.717, 1.165) is 11.1 Å². The molecule has 9 heteroatoms. The molecule has 0 unspecified atom stereocenters. The second kappa shape index (κ2) is 8.50. The Morgan fingerprint density at radius 1 is 1.27 bits per heavy atom. The van der Waals surface area contributed by atoms with Gasteiger partial charge in [-0.3, -0.25) is 4.90 Å². The zero-order valence-corrected chi connectivity index (χ0v) is 16.5. The lowest BCUT2D eigenvalue weighted by Crippen LogP contribution is -2.26. The molecule has 2 N–H and O–H groups in total. The Hall–Kier alpha value is -3.46. The van der Waals surface area contributed by atoms with Crippen LogP contribution >= 0.6 is 0 Å². The van der Waals surface area contributed by atoms with Crippen LogP contribution in [0.1, 0.15) is 12.5 Å². The number of hydrogen-bond donors (Lipinski definition) is 1. The summed E-state index contributed by atoms with van der Waals surface area (Å²) < 4.78 is 27.2. The molecule has 0 aliphatic carbocycles. The van der Waals surface area contributed by atoms with Gasteiger partial charge >= 0.3 is 6.09 Å². The first-order chi connectivity index (χ1) is 14.6. The first-order valence-corrected chi connectivity index (χ1v) is 9.67. The third-order valence-corrected chi connectivity index (χ3v) is 4.89. The van der Waals surface area contributed by atoms with Crippen molar-refractivity contribution in [3.05, 3.63) is 60.0 Å². The van der Waals surface area contributed by atoms with Gasteiger partial charge in [0.2, 0.25) is 5.88 Å². The maximum atomic E-state index is 14.8. The molecule has 0 spiro atoms. The van der Waals surface area contributed by atoms with Crippen molar-refractivity contribution in [2.45, 2.75) is 26.1 Å². The molecule has 4 rings (SSSR count). The van der Waals surface area contributed by atoms with E-state index in [0.29, 0.717) is 36.8 Å². The minimum absolute atomic E-state index is 0.272. The number of hydrogen-bond acceptors (Lipinski definition) is 6. The van der Waals surface area contributed by atoms with Crippen molar-refractivity contribution in [3.63, 3.8) is 0 Å². The van der Waals surface area contributed by atoms with Crippen molar-refractivity contribution in [2.75, 3.05) is 18.1 Å². The van der Waals surface area contributed by atoms with Crippen molar-refractivity contribution < 1.29 is 18.7 Å². The molecule has 0 bridgehead atoms. The first kappa shape index (κ1) is 19.8. The first-order valence-electron chi connectivity index (χ1n) is 9.67. The van der Waals surface area contributed by atoms with E-state index in [9.17, 15) is 9.18 Å². The highest BCUT2D eigenvalue weighted by Crippen LogP contribution is 2.29. The molecule has 1 aliphatic rings. The molecular formula is C21H22FN5O3. The fourth-order valence-electron chi connectivity index (χ4n) is 3.38. The van der Waals surface area contributed by atoms with E-state index in [-0.39, 0.29) is 6.54 Å². The molecular weight excluding hydrogens is 389 g/mol. The highest BCUT2D eigenvalue weighted by Gasteiger charge is 2.33. The molecule has 30 heavy (non-hydrogen) atoms. The summed E-state index contributed by atoms with van der Waals surface area (Å²) in [6, 6.07) is 12.1. The van der Waals surface area contributed by atoms with Crippen LogP contribution in [0.3, 0.4) is 0 Å². The Morgan fingerprint density at radius 3 is 2.77 bits per heavy atom. The van der Waals surface area contributed by atoms with Gasteiger partial charge in [-0.05, 0) is 36.2 Å². The Kier molecular flexibility index (Phi) is 5.62. The van der Waals surface area contributed by atoms with Crippen molar-refractivity contribution in [1.82, 2.24) is 15.0 Å². The highest BCUT2D eigenvalue weighted by molar-refractivity contribution is 5.90. The molecule has 1 saturated heterocycles. The van der Waals surface area contributed by atoms with Crippen LogP contribution in [0, 0.1) is 5.82 Å². The summed E-state index contributed by atoms with van der Waals surface area (Å²) in [5.74, 6) is 0.0854. The minimum atomic E-state index is -0.530. The van der Waals surface area contributed by atoms with Crippen LogP contribution in [0.15, 0.2) is 48.7 Å². The molecule has 3 aromatic rings. The van der Waals surface area contributed by atoms with E-state index < -0.39 is 18.0 Å². The molecule has 0 saturated carbocycles. The van der Waals surface area contributed by atoms with Crippen LogP contribution < -0.4 is 15.4 Å². The Labute approximate surface area is 173 Å². The summed E-state index contributed by atoms with van der Waals surface area (Å²) in [6.07, 6.45) is 0.522. The summed E-state index contributed by atoms with van der Waals surface area (Å²) in [5, 5.41) is 7.77. The lowest BCUT2D eigenvalue weighted by Gasteiger charge is -2.15. The van der Waals surface area contributed by atoms with E-state index in [1.54, 1.807) is 16.8 Å². The van der Waals surface area contributed by atoms with E-state index in [1.807, 2.05) is 31.2 Å². The number of amides is 1. The van der Waals surface area contributed by atoms with E-state index in [1.165, 1.54) is 17.2 Å². The molecule has 2 heterocycles. The number of aromatic nitrogens is 3. The largest absolute Gasteiger partial charge is 0.477 e. The van der Waals surface area contributed by atoms with Gasteiger partial charge in [-0.1, -0.05) is 29.5 Å². The van der Waals surface area contributed by atoms with Gasteiger partial charge < -0.3 is 15.2 Å². The van der Waals surface area contributed by atoms with E-state index >= 15 is 0 Å². The minimum Gasteiger partial charge on any atom is -0.477 e. The highest BCUT2D eigenvalue weighted by atomic mass is 19.1. The summed E-state index contributed by atoms with van der Waals surface area (Å²) in [6.45, 7) is 3.34. The zero-order valence-electron chi connectivity index (χ0n) is 16.5. The van der Waals surface area contributed by atoms with Crippen molar-refractivity contribution in [3.8, 4) is 17.0 Å². The number of anilines is 1. The number of nitrogens with two attached hydrogens (primary N) is 1. The van der Waals surface area contributed by atoms with Crippen LogP contribution in [0.5, 0.6) is 5.88 Å². The van der Waals surface area contributed by atoms with Crippen molar-refractivity contribution >= 4 is 11.8 Å².